The summed E-state index contributed by atoms with van der Waals surface area (Å²) in [5, 5.41) is 2.66. The van der Waals surface area contributed by atoms with Gasteiger partial charge in [-0.05, 0) is 19.8 Å². The molecule has 0 atom stereocenters. The molecule has 0 bridgehead atoms. The van der Waals surface area contributed by atoms with Crippen molar-refractivity contribution in [1.29, 1.82) is 0 Å². The highest BCUT2D eigenvalue weighted by Gasteiger charge is 2.00. The average molecular weight is 187 g/mol. The number of rotatable bonds is 6. The minimum atomic E-state index is -0.162. The van der Waals surface area contributed by atoms with Crippen LogP contribution < -0.4 is 5.32 Å². The third kappa shape index (κ3) is 8.85. The summed E-state index contributed by atoms with van der Waals surface area (Å²) in [6, 6.07) is 0. The number of unbranched alkanes of at least 4 members (excludes halogenated alkanes) is 1. The van der Waals surface area contributed by atoms with Gasteiger partial charge in [0.1, 0.15) is 0 Å². The normalized spacial score (nSPS) is 9.38. The van der Waals surface area contributed by atoms with Crippen molar-refractivity contribution >= 4 is 11.9 Å². The van der Waals surface area contributed by atoms with Crippen LogP contribution in [0, 0.1) is 0 Å². The predicted octanol–water partition coefficient (Wildman–Crippen LogP) is 0.856. The van der Waals surface area contributed by atoms with E-state index < -0.39 is 0 Å². The molecule has 0 aliphatic rings. The van der Waals surface area contributed by atoms with E-state index in [1.54, 1.807) is 6.92 Å². The van der Waals surface area contributed by atoms with Crippen molar-refractivity contribution in [3.63, 3.8) is 0 Å². The van der Waals surface area contributed by atoms with Gasteiger partial charge in [0.25, 0.3) is 0 Å². The van der Waals surface area contributed by atoms with Crippen molar-refractivity contribution in [3.05, 3.63) is 0 Å². The molecular weight excluding hydrogens is 170 g/mol. The lowest BCUT2D eigenvalue weighted by Gasteiger charge is -2.02. The van der Waals surface area contributed by atoms with Crippen molar-refractivity contribution in [2.75, 3.05) is 13.2 Å². The Labute approximate surface area is 78.6 Å². The van der Waals surface area contributed by atoms with E-state index in [9.17, 15) is 9.59 Å². The molecule has 76 valence electrons. The molecule has 1 amide bonds. The Morgan fingerprint density at radius 2 is 2.00 bits per heavy atom. The van der Waals surface area contributed by atoms with Crippen LogP contribution in [0.3, 0.4) is 0 Å². The summed E-state index contributed by atoms with van der Waals surface area (Å²) in [6.07, 6.45) is 2.02. The number of carbonyl (C=O) groups is 2. The average Bonchev–Trinajstić information content (AvgIpc) is 2.03. The Morgan fingerprint density at radius 3 is 2.54 bits per heavy atom. The zero-order valence-electron chi connectivity index (χ0n) is 8.26. The summed E-state index contributed by atoms with van der Waals surface area (Å²) < 4.78 is 4.74. The fourth-order valence-corrected chi connectivity index (χ4v) is 0.892. The molecule has 0 aromatic rings. The Bertz CT molecular complexity index is 168. The summed E-state index contributed by atoms with van der Waals surface area (Å²) in [6.45, 7) is 4.33. The van der Waals surface area contributed by atoms with Crippen molar-refractivity contribution in [3.8, 4) is 0 Å². The second-order valence-corrected chi connectivity index (χ2v) is 2.75. The minimum Gasteiger partial charge on any atom is -0.466 e. The highest BCUT2D eigenvalue weighted by atomic mass is 16.5. The van der Waals surface area contributed by atoms with Crippen LogP contribution in [-0.2, 0) is 14.3 Å². The second-order valence-electron chi connectivity index (χ2n) is 2.75. The largest absolute Gasteiger partial charge is 0.466 e. The maximum atomic E-state index is 10.8. The zero-order valence-corrected chi connectivity index (χ0v) is 8.26. The van der Waals surface area contributed by atoms with E-state index in [0.29, 0.717) is 19.6 Å². The van der Waals surface area contributed by atoms with Gasteiger partial charge in [-0.1, -0.05) is 0 Å². The lowest BCUT2D eigenvalue weighted by molar-refractivity contribution is -0.143. The highest BCUT2D eigenvalue weighted by Crippen LogP contribution is 1.96. The number of hydrogen-bond acceptors (Lipinski definition) is 3. The van der Waals surface area contributed by atoms with E-state index in [-0.39, 0.29) is 11.9 Å². The third-order valence-corrected chi connectivity index (χ3v) is 1.49. The lowest BCUT2D eigenvalue weighted by atomic mass is 10.2. The van der Waals surface area contributed by atoms with Gasteiger partial charge in [-0.3, -0.25) is 9.59 Å². The molecule has 0 saturated carbocycles. The van der Waals surface area contributed by atoms with Crippen molar-refractivity contribution in [1.82, 2.24) is 5.32 Å². The van der Waals surface area contributed by atoms with Gasteiger partial charge in [-0.25, -0.2) is 0 Å². The van der Waals surface area contributed by atoms with Crippen LogP contribution in [0.1, 0.15) is 33.1 Å². The van der Waals surface area contributed by atoms with Gasteiger partial charge < -0.3 is 10.1 Å². The summed E-state index contributed by atoms with van der Waals surface area (Å²) >= 11 is 0. The highest BCUT2D eigenvalue weighted by molar-refractivity contribution is 5.72. The smallest absolute Gasteiger partial charge is 0.305 e. The summed E-state index contributed by atoms with van der Waals surface area (Å²) in [7, 11) is 0. The molecule has 4 heteroatoms. The molecule has 0 heterocycles. The number of amides is 1. The fourth-order valence-electron chi connectivity index (χ4n) is 0.892. The first-order chi connectivity index (χ1) is 6.16. The van der Waals surface area contributed by atoms with Crippen LogP contribution in [0.2, 0.25) is 0 Å². The van der Waals surface area contributed by atoms with Gasteiger partial charge in [0.05, 0.1) is 6.61 Å². The van der Waals surface area contributed by atoms with E-state index in [0.717, 1.165) is 12.8 Å². The molecule has 1 N–H and O–H groups in total. The molecular formula is C9H17NO3. The van der Waals surface area contributed by atoms with Gasteiger partial charge in [0.15, 0.2) is 0 Å². The SMILES string of the molecule is CCOC(=O)CCCCNC(C)=O. The third-order valence-electron chi connectivity index (χ3n) is 1.49. The minimum absolute atomic E-state index is 0.0314. The summed E-state index contributed by atoms with van der Waals surface area (Å²) in [5.74, 6) is -0.193. The molecule has 0 aliphatic heterocycles. The molecule has 0 rings (SSSR count). The quantitative estimate of drug-likeness (QED) is 0.495. The van der Waals surface area contributed by atoms with Crippen LogP contribution >= 0.6 is 0 Å². The van der Waals surface area contributed by atoms with Crippen LogP contribution in [0.5, 0.6) is 0 Å². The Kier molecular flexibility index (Phi) is 6.96. The molecule has 0 aromatic carbocycles. The van der Waals surface area contributed by atoms with Crippen LogP contribution in [-0.4, -0.2) is 25.0 Å². The van der Waals surface area contributed by atoms with E-state index in [2.05, 4.69) is 5.32 Å². The molecule has 4 nitrogen and oxygen atoms in total. The Hall–Kier alpha value is -1.06. The zero-order chi connectivity index (χ0) is 10.1. The predicted molar refractivity (Wildman–Crippen MR) is 49.2 cm³/mol. The topological polar surface area (TPSA) is 55.4 Å². The molecule has 0 aliphatic carbocycles. The van der Waals surface area contributed by atoms with E-state index in [1.165, 1.54) is 6.92 Å². The second kappa shape index (κ2) is 7.58. The number of ether oxygens (including phenoxy) is 1. The Balaban J connectivity index is 3.16. The molecule has 0 unspecified atom stereocenters. The van der Waals surface area contributed by atoms with E-state index >= 15 is 0 Å². The molecule has 0 fully saturated rings. The molecule has 0 radical (unpaired) electrons. The maximum absolute atomic E-state index is 10.8. The maximum Gasteiger partial charge on any atom is 0.305 e. The van der Waals surface area contributed by atoms with Gasteiger partial charge in [-0.15, -0.1) is 0 Å². The summed E-state index contributed by atoms with van der Waals surface area (Å²) in [5.41, 5.74) is 0. The first-order valence-electron chi connectivity index (χ1n) is 4.57. The molecule has 13 heavy (non-hydrogen) atoms. The number of carbonyl (C=O) groups excluding carboxylic acids is 2. The van der Waals surface area contributed by atoms with Crippen molar-refractivity contribution in [2.24, 2.45) is 0 Å². The van der Waals surface area contributed by atoms with Gasteiger partial charge >= 0.3 is 5.97 Å². The molecule has 0 saturated heterocycles. The van der Waals surface area contributed by atoms with E-state index in [4.69, 9.17) is 4.74 Å². The monoisotopic (exact) mass is 187 g/mol. The van der Waals surface area contributed by atoms with Gasteiger partial charge in [0, 0.05) is 19.9 Å². The van der Waals surface area contributed by atoms with Crippen molar-refractivity contribution < 1.29 is 14.3 Å². The molecule has 0 spiro atoms. The first kappa shape index (κ1) is 11.9. The summed E-state index contributed by atoms with van der Waals surface area (Å²) in [4.78, 5) is 21.3. The molecule has 0 aromatic heterocycles. The number of hydrogen-bond donors (Lipinski definition) is 1. The van der Waals surface area contributed by atoms with Crippen LogP contribution in [0.25, 0.3) is 0 Å². The number of nitrogens with one attached hydrogen (secondary N) is 1. The Morgan fingerprint density at radius 1 is 1.31 bits per heavy atom. The van der Waals surface area contributed by atoms with Crippen LogP contribution in [0.4, 0.5) is 0 Å². The lowest BCUT2D eigenvalue weighted by Crippen LogP contribution is -2.20. The standard InChI is InChI=1S/C9H17NO3/c1-3-13-9(12)6-4-5-7-10-8(2)11/h3-7H2,1-2H3,(H,10,11). The van der Waals surface area contributed by atoms with Crippen molar-refractivity contribution in [2.45, 2.75) is 33.1 Å². The number of esters is 1. The first-order valence-corrected chi connectivity index (χ1v) is 4.57. The fraction of sp³-hybridized carbons (Fsp3) is 0.778. The van der Waals surface area contributed by atoms with E-state index in [1.807, 2.05) is 0 Å². The van der Waals surface area contributed by atoms with Gasteiger partial charge in [-0.2, -0.15) is 0 Å². The van der Waals surface area contributed by atoms with Crippen LogP contribution in [0.15, 0.2) is 0 Å². The van der Waals surface area contributed by atoms with Gasteiger partial charge in [0.2, 0.25) is 5.91 Å².